The van der Waals surface area contributed by atoms with Gasteiger partial charge in [-0.15, -0.1) is 0 Å². The standard InChI is InChI=1S/C25H22FN3O3/c1-2-32-23(30)16-29-22-10-6-5-9-21(22)28-24(25(29)31)19-7-3-4-8-20(19)27-15-17-11-13-18(26)14-12-17/h3-14,27H,2,15-16H2,1H3. The van der Waals surface area contributed by atoms with Gasteiger partial charge in [-0.1, -0.05) is 42.5 Å². The molecule has 0 amide bonds. The average molecular weight is 431 g/mol. The molecule has 0 saturated carbocycles. The van der Waals surface area contributed by atoms with E-state index in [1.165, 1.54) is 16.7 Å². The Morgan fingerprint density at radius 3 is 2.53 bits per heavy atom. The van der Waals surface area contributed by atoms with E-state index in [9.17, 15) is 14.0 Å². The molecule has 32 heavy (non-hydrogen) atoms. The van der Waals surface area contributed by atoms with Crippen LogP contribution in [0.25, 0.3) is 22.3 Å². The molecule has 7 heteroatoms. The minimum Gasteiger partial charge on any atom is -0.465 e. The van der Waals surface area contributed by atoms with Crippen LogP contribution in [0.3, 0.4) is 0 Å². The number of benzene rings is 3. The normalized spacial score (nSPS) is 10.8. The van der Waals surface area contributed by atoms with Crippen LogP contribution in [0.2, 0.25) is 0 Å². The van der Waals surface area contributed by atoms with Gasteiger partial charge in [0.2, 0.25) is 0 Å². The fraction of sp³-hybridized carbons (Fsp3) is 0.160. The van der Waals surface area contributed by atoms with E-state index in [-0.39, 0.29) is 30.2 Å². The van der Waals surface area contributed by atoms with E-state index in [1.54, 1.807) is 43.3 Å². The molecule has 1 N–H and O–H groups in total. The van der Waals surface area contributed by atoms with Gasteiger partial charge >= 0.3 is 5.97 Å². The van der Waals surface area contributed by atoms with E-state index in [2.05, 4.69) is 10.3 Å². The first-order valence-corrected chi connectivity index (χ1v) is 10.3. The quantitative estimate of drug-likeness (QED) is 0.440. The number of para-hydroxylation sites is 3. The summed E-state index contributed by atoms with van der Waals surface area (Å²) in [5, 5.41) is 3.30. The van der Waals surface area contributed by atoms with Crippen molar-refractivity contribution >= 4 is 22.7 Å². The van der Waals surface area contributed by atoms with Crippen molar-refractivity contribution in [1.82, 2.24) is 9.55 Å². The molecule has 6 nitrogen and oxygen atoms in total. The van der Waals surface area contributed by atoms with Crippen molar-refractivity contribution in [3.05, 3.63) is 94.5 Å². The van der Waals surface area contributed by atoms with E-state index < -0.39 is 5.97 Å². The van der Waals surface area contributed by atoms with Crippen LogP contribution >= 0.6 is 0 Å². The Kier molecular flexibility index (Phi) is 6.26. The predicted molar refractivity (Wildman–Crippen MR) is 122 cm³/mol. The molecule has 0 fully saturated rings. The minimum atomic E-state index is -0.486. The number of esters is 1. The molecule has 0 unspecified atom stereocenters. The number of hydrogen-bond donors (Lipinski definition) is 1. The summed E-state index contributed by atoms with van der Waals surface area (Å²) in [4.78, 5) is 30.2. The van der Waals surface area contributed by atoms with E-state index in [4.69, 9.17) is 4.74 Å². The average Bonchev–Trinajstić information content (AvgIpc) is 2.81. The van der Waals surface area contributed by atoms with Crippen LogP contribution < -0.4 is 10.9 Å². The lowest BCUT2D eigenvalue weighted by Gasteiger charge is -2.15. The van der Waals surface area contributed by atoms with Crippen LogP contribution in [0.4, 0.5) is 10.1 Å². The van der Waals surface area contributed by atoms with Gasteiger partial charge in [0.15, 0.2) is 0 Å². The lowest BCUT2D eigenvalue weighted by Crippen LogP contribution is -2.28. The largest absolute Gasteiger partial charge is 0.465 e. The molecule has 162 valence electrons. The van der Waals surface area contributed by atoms with Gasteiger partial charge in [0.25, 0.3) is 5.56 Å². The van der Waals surface area contributed by atoms with Crippen LogP contribution in [0.15, 0.2) is 77.6 Å². The zero-order chi connectivity index (χ0) is 22.5. The van der Waals surface area contributed by atoms with Crippen LogP contribution in [0.1, 0.15) is 12.5 Å². The number of fused-ring (bicyclic) bond motifs is 1. The Bertz CT molecular complexity index is 1320. The SMILES string of the molecule is CCOC(=O)Cn1c(=O)c(-c2ccccc2NCc2ccc(F)cc2)nc2ccccc21. The van der Waals surface area contributed by atoms with Gasteiger partial charge < -0.3 is 10.1 Å². The Hall–Kier alpha value is -4.00. The fourth-order valence-corrected chi connectivity index (χ4v) is 3.50. The molecular formula is C25H22FN3O3. The molecule has 0 bridgehead atoms. The molecule has 0 radical (unpaired) electrons. The summed E-state index contributed by atoms with van der Waals surface area (Å²) < 4.78 is 19.6. The van der Waals surface area contributed by atoms with Crippen LogP contribution in [0, 0.1) is 5.82 Å². The van der Waals surface area contributed by atoms with Gasteiger partial charge in [-0.3, -0.25) is 14.2 Å². The van der Waals surface area contributed by atoms with Gasteiger partial charge in [0.1, 0.15) is 18.1 Å². The maximum absolute atomic E-state index is 13.4. The fourth-order valence-electron chi connectivity index (χ4n) is 3.50. The maximum atomic E-state index is 13.4. The number of nitrogens with one attached hydrogen (secondary N) is 1. The Labute approximate surface area is 184 Å². The summed E-state index contributed by atoms with van der Waals surface area (Å²) in [7, 11) is 0. The van der Waals surface area contributed by atoms with Crippen molar-refractivity contribution in [2.45, 2.75) is 20.0 Å². The lowest BCUT2D eigenvalue weighted by atomic mass is 10.1. The van der Waals surface area contributed by atoms with Crippen molar-refractivity contribution in [2.75, 3.05) is 11.9 Å². The van der Waals surface area contributed by atoms with E-state index in [0.29, 0.717) is 28.8 Å². The van der Waals surface area contributed by atoms with Gasteiger partial charge in [-0.2, -0.15) is 0 Å². The number of aromatic nitrogens is 2. The zero-order valence-electron chi connectivity index (χ0n) is 17.5. The number of halogens is 1. The first-order chi connectivity index (χ1) is 15.6. The topological polar surface area (TPSA) is 73.2 Å². The summed E-state index contributed by atoms with van der Waals surface area (Å²) in [5.74, 6) is -0.781. The molecule has 1 aromatic heterocycles. The smallest absolute Gasteiger partial charge is 0.326 e. The molecule has 0 spiro atoms. The molecule has 4 rings (SSSR count). The molecule has 1 heterocycles. The highest BCUT2D eigenvalue weighted by molar-refractivity contribution is 5.83. The third-order valence-electron chi connectivity index (χ3n) is 5.02. The van der Waals surface area contributed by atoms with Crippen LogP contribution in [0.5, 0.6) is 0 Å². The van der Waals surface area contributed by atoms with Gasteiger partial charge in [-0.05, 0) is 42.8 Å². The molecule has 0 atom stereocenters. The highest BCUT2D eigenvalue weighted by atomic mass is 19.1. The molecular weight excluding hydrogens is 409 g/mol. The second kappa shape index (κ2) is 9.43. The molecule has 0 aliphatic heterocycles. The van der Waals surface area contributed by atoms with Crippen LogP contribution in [-0.2, 0) is 22.6 Å². The number of ether oxygens (including phenoxy) is 1. The zero-order valence-corrected chi connectivity index (χ0v) is 17.5. The van der Waals surface area contributed by atoms with Crippen LogP contribution in [-0.4, -0.2) is 22.1 Å². The summed E-state index contributed by atoms with van der Waals surface area (Å²) in [6.07, 6.45) is 0. The third-order valence-corrected chi connectivity index (χ3v) is 5.02. The van der Waals surface area contributed by atoms with Gasteiger partial charge in [0, 0.05) is 17.8 Å². The molecule has 0 saturated heterocycles. The number of rotatable bonds is 7. The number of carbonyl (C=O) groups excluding carboxylic acids is 1. The number of hydrogen-bond acceptors (Lipinski definition) is 5. The van der Waals surface area contributed by atoms with E-state index in [1.807, 2.05) is 24.3 Å². The first kappa shape index (κ1) is 21.2. The molecule has 0 aliphatic rings. The molecule has 4 aromatic rings. The third kappa shape index (κ3) is 4.51. The van der Waals surface area contributed by atoms with E-state index in [0.717, 1.165) is 5.56 Å². The second-order valence-corrected chi connectivity index (χ2v) is 7.17. The number of anilines is 1. The monoisotopic (exact) mass is 431 g/mol. The first-order valence-electron chi connectivity index (χ1n) is 10.3. The second-order valence-electron chi connectivity index (χ2n) is 7.17. The van der Waals surface area contributed by atoms with Crippen molar-refractivity contribution in [3.63, 3.8) is 0 Å². The highest BCUT2D eigenvalue weighted by Crippen LogP contribution is 2.26. The van der Waals surface area contributed by atoms with Crippen molar-refractivity contribution < 1.29 is 13.9 Å². The summed E-state index contributed by atoms with van der Waals surface area (Å²) in [6, 6.07) is 20.7. The highest BCUT2D eigenvalue weighted by Gasteiger charge is 2.17. The van der Waals surface area contributed by atoms with E-state index >= 15 is 0 Å². The maximum Gasteiger partial charge on any atom is 0.326 e. The van der Waals surface area contributed by atoms with Crippen molar-refractivity contribution in [2.24, 2.45) is 0 Å². The number of carbonyl (C=O) groups is 1. The lowest BCUT2D eigenvalue weighted by molar-refractivity contribution is -0.143. The van der Waals surface area contributed by atoms with Crippen molar-refractivity contribution in [1.29, 1.82) is 0 Å². The number of nitrogens with zero attached hydrogens (tertiary/aromatic N) is 2. The summed E-state index contributed by atoms with van der Waals surface area (Å²) >= 11 is 0. The van der Waals surface area contributed by atoms with Gasteiger partial charge in [0.05, 0.1) is 17.6 Å². The minimum absolute atomic E-state index is 0.201. The summed E-state index contributed by atoms with van der Waals surface area (Å²) in [5.41, 5.74) is 3.23. The molecule has 3 aromatic carbocycles. The molecule has 0 aliphatic carbocycles. The Morgan fingerprint density at radius 2 is 1.75 bits per heavy atom. The van der Waals surface area contributed by atoms with Gasteiger partial charge in [-0.25, -0.2) is 9.37 Å². The Morgan fingerprint density at radius 1 is 1.03 bits per heavy atom. The van der Waals surface area contributed by atoms with Crippen molar-refractivity contribution in [3.8, 4) is 11.3 Å². The Balaban J connectivity index is 1.76. The summed E-state index contributed by atoms with van der Waals surface area (Å²) in [6.45, 7) is 2.20. The predicted octanol–water partition coefficient (Wildman–Crippen LogP) is 4.38.